The minimum absolute atomic E-state index is 0.0777. The van der Waals surface area contributed by atoms with Gasteiger partial charge in [0.25, 0.3) is 0 Å². The van der Waals surface area contributed by atoms with Crippen LogP contribution in [0.25, 0.3) is 0 Å². The molecule has 0 radical (unpaired) electrons. The van der Waals surface area contributed by atoms with Gasteiger partial charge in [0.05, 0.1) is 7.11 Å². The first-order chi connectivity index (χ1) is 6.54. The van der Waals surface area contributed by atoms with E-state index in [1.165, 1.54) is 20.1 Å². The van der Waals surface area contributed by atoms with Crippen molar-refractivity contribution in [2.45, 2.75) is 20.3 Å². The van der Waals surface area contributed by atoms with Crippen LogP contribution in [-0.4, -0.2) is 12.9 Å². The molecule has 0 saturated heterocycles. The van der Waals surface area contributed by atoms with Crippen LogP contribution in [0.4, 0.5) is 4.39 Å². The van der Waals surface area contributed by atoms with E-state index in [-0.39, 0.29) is 18.0 Å². The summed E-state index contributed by atoms with van der Waals surface area (Å²) in [6.45, 7) is 3.21. The van der Waals surface area contributed by atoms with Crippen molar-refractivity contribution < 1.29 is 13.9 Å². The summed E-state index contributed by atoms with van der Waals surface area (Å²) in [7, 11) is 1.47. The predicted molar refractivity (Wildman–Crippen MR) is 52.1 cm³/mol. The zero-order valence-corrected chi connectivity index (χ0v) is 8.56. The maximum absolute atomic E-state index is 13.4. The number of hydrogen-bond donors (Lipinski definition) is 0. The van der Waals surface area contributed by atoms with Crippen molar-refractivity contribution in [3.63, 3.8) is 0 Å². The zero-order valence-electron chi connectivity index (χ0n) is 8.56. The molecule has 0 aliphatic rings. The Kier molecular flexibility index (Phi) is 3.23. The summed E-state index contributed by atoms with van der Waals surface area (Å²) in [5, 5.41) is 0. The normalized spacial score (nSPS) is 10.0. The van der Waals surface area contributed by atoms with Crippen molar-refractivity contribution in [1.82, 2.24) is 0 Å². The van der Waals surface area contributed by atoms with Crippen molar-refractivity contribution in [3.8, 4) is 5.75 Å². The number of Topliss-reactive ketones (excluding diaryl/α,β-unsaturated/α-hetero) is 1. The van der Waals surface area contributed by atoms with Crippen LogP contribution in [0.15, 0.2) is 12.1 Å². The van der Waals surface area contributed by atoms with E-state index in [2.05, 4.69) is 0 Å². The number of ether oxygens (including phenoxy) is 1. The Morgan fingerprint density at radius 1 is 1.50 bits per heavy atom. The average Bonchev–Trinajstić information content (AvgIpc) is 2.08. The summed E-state index contributed by atoms with van der Waals surface area (Å²) >= 11 is 0. The number of rotatable bonds is 3. The maximum Gasteiger partial charge on any atom is 0.134 e. The summed E-state index contributed by atoms with van der Waals surface area (Å²) in [5.74, 6) is -0.0131. The lowest BCUT2D eigenvalue weighted by atomic mass is 10.1. The molecule has 0 aliphatic carbocycles. The van der Waals surface area contributed by atoms with Crippen molar-refractivity contribution in [2.24, 2.45) is 0 Å². The van der Waals surface area contributed by atoms with Gasteiger partial charge in [-0.2, -0.15) is 0 Å². The fourth-order valence-electron chi connectivity index (χ4n) is 1.34. The molecule has 0 N–H and O–H groups in total. The Morgan fingerprint density at radius 3 is 2.64 bits per heavy atom. The molecule has 0 aromatic heterocycles. The quantitative estimate of drug-likeness (QED) is 0.741. The molecule has 0 saturated carbocycles. The van der Waals surface area contributed by atoms with Crippen molar-refractivity contribution in [1.29, 1.82) is 0 Å². The third kappa shape index (κ3) is 2.31. The summed E-state index contributed by atoms with van der Waals surface area (Å²) in [6, 6.07) is 3.13. The van der Waals surface area contributed by atoms with Gasteiger partial charge >= 0.3 is 0 Å². The molecule has 0 unspecified atom stereocenters. The van der Waals surface area contributed by atoms with E-state index in [0.29, 0.717) is 11.3 Å². The molecule has 76 valence electrons. The van der Waals surface area contributed by atoms with Gasteiger partial charge in [-0.1, -0.05) is 0 Å². The molecule has 0 fully saturated rings. The summed E-state index contributed by atoms with van der Waals surface area (Å²) in [4.78, 5) is 10.9. The number of halogens is 1. The minimum Gasteiger partial charge on any atom is -0.496 e. The fraction of sp³-hybridized carbons (Fsp3) is 0.364. The van der Waals surface area contributed by atoms with E-state index in [9.17, 15) is 9.18 Å². The van der Waals surface area contributed by atoms with E-state index in [1.54, 1.807) is 13.0 Å². The van der Waals surface area contributed by atoms with Crippen LogP contribution in [0.1, 0.15) is 18.1 Å². The monoisotopic (exact) mass is 196 g/mol. The van der Waals surface area contributed by atoms with E-state index < -0.39 is 0 Å². The molecule has 0 bridgehead atoms. The zero-order chi connectivity index (χ0) is 10.7. The standard InChI is InChI=1S/C11H13FO2/c1-7-4-10(12)9(6-8(2)13)11(5-7)14-3/h4-5H,6H2,1-3H3. The molecular formula is C11H13FO2. The van der Waals surface area contributed by atoms with Crippen LogP contribution in [0.2, 0.25) is 0 Å². The molecule has 1 aromatic rings. The third-order valence-electron chi connectivity index (χ3n) is 1.94. The van der Waals surface area contributed by atoms with Gasteiger partial charge in [-0.15, -0.1) is 0 Å². The molecule has 0 amide bonds. The number of methoxy groups -OCH3 is 1. The number of hydrogen-bond acceptors (Lipinski definition) is 2. The Balaban J connectivity index is 3.18. The second-order valence-electron chi connectivity index (χ2n) is 3.31. The number of carbonyl (C=O) groups is 1. The Morgan fingerprint density at radius 2 is 2.14 bits per heavy atom. The second-order valence-corrected chi connectivity index (χ2v) is 3.31. The molecule has 1 rings (SSSR count). The Labute approximate surface area is 82.7 Å². The topological polar surface area (TPSA) is 26.3 Å². The molecule has 1 aromatic carbocycles. The summed E-state index contributed by atoms with van der Waals surface area (Å²) < 4.78 is 18.4. The lowest BCUT2D eigenvalue weighted by Gasteiger charge is -2.09. The van der Waals surface area contributed by atoms with E-state index in [0.717, 1.165) is 5.56 Å². The van der Waals surface area contributed by atoms with Crippen LogP contribution in [-0.2, 0) is 11.2 Å². The number of benzene rings is 1. The van der Waals surface area contributed by atoms with Gasteiger partial charge < -0.3 is 4.74 Å². The van der Waals surface area contributed by atoms with Gasteiger partial charge in [0, 0.05) is 12.0 Å². The van der Waals surface area contributed by atoms with Gasteiger partial charge in [0.15, 0.2) is 0 Å². The molecule has 3 heteroatoms. The first kappa shape index (κ1) is 10.7. The SMILES string of the molecule is COc1cc(C)cc(F)c1CC(C)=O. The lowest BCUT2D eigenvalue weighted by molar-refractivity contribution is -0.116. The smallest absolute Gasteiger partial charge is 0.134 e. The van der Waals surface area contributed by atoms with Crippen LogP contribution in [0.3, 0.4) is 0 Å². The largest absolute Gasteiger partial charge is 0.496 e. The van der Waals surface area contributed by atoms with Crippen LogP contribution in [0.5, 0.6) is 5.75 Å². The molecule has 0 atom stereocenters. The van der Waals surface area contributed by atoms with Crippen molar-refractivity contribution in [2.75, 3.05) is 7.11 Å². The Hall–Kier alpha value is -1.38. The summed E-state index contributed by atoms with van der Waals surface area (Å²) in [5.41, 5.74) is 1.12. The van der Waals surface area contributed by atoms with Gasteiger partial charge in [0.1, 0.15) is 17.3 Å². The minimum atomic E-state index is -0.378. The lowest BCUT2D eigenvalue weighted by Crippen LogP contribution is -2.03. The van der Waals surface area contributed by atoms with Gasteiger partial charge in [-0.05, 0) is 31.5 Å². The highest BCUT2D eigenvalue weighted by Gasteiger charge is 2.12. The molecule has 2 nitrogen and oxygen atoms in total. The molecule has 0 aliphatic heterocycles. The number of aryl methyl sites for hydroxylation is 1. The van der Waals surface area contributed by atoms with E-state index in [4.69, 9.17) is 4.74 Å². The highest BCUT2D eigenvalue weighted by atomic mass is 19.1. The number of carbonyl (C=O) groups excluding carboxylic acids is 1. The molecule has 0 heterocycles. The maximum atomic E-state index is 13.4. The van der Waals surface area contributed by atoms with Crippen LogP contribution in [0, 0.1) is 12.7 Å². The van der Waals surface area contributed by atoms with Gasteiger partial charge in [0.2, 0.25) is 0 Å². The molecule has 14 heavy (non-hydrogen) atoms. The van der Waals surface area contributed by atoms with Crippen molar-refractivity contribution >= 4 is 5.78 Å². The Bertz CT molecular complexity index is 359. The van der Waals surface area contributed by atoms with Crippen molar-refractivity contribution in [3.05, 3.63) is 29.1 Å². The molecule has 0 spiro atoms. The fourth-order valence-corrected chi connectivity index (χ4v) is 1.34. The first-order valence-corrected chi connectivity index (χ1v) is 4.37. The highest BCUT2D eigenvalue weighted by molar-refractivity contribution is 5.79. The van der Waals surface area contributed by atoms with Crippen LogP contribution >= 0.6 is 0 Å². The second kappa shape index (κ2) is 4.22. The average molecular weight is 196 g/mol. The van der Waals surface area contributed by atoms with Gasteiger partial charge in [-0.3, -0.25) is 4.79 Å². The van der Waals surface area contributed by atoms with E-state index in [1.807, 2.05) is 0 Å². The third-order valence-corrected chi connectivity index (χ3v) is 1.94. The van der Waals surface area contributed by atoms with Crippen LogP contribution < -0.4 is 4.74 Å². The first-order valence-electron chi connectivity index (χ1n) is 4.37. The van der Waals surface area contributed by atoms with E-state index >= 15 is 0 Å². The predicted octanol–water partition coefficient (Wildman–Crippen LogP) is 2.27. The number of ketones is 1. The molecular weight excluding hydrogens is 183 g/mol. The van der Waals surface area contributed by atoms with Gasteiger partial charge in [-0.25, -0.2) is 4.39 Å². The summed E-state index contributed by atoms with van der Waals surface area (Å²) in [6.07, 6.45) is 0.0787. The highest BCUT2D eigenvalue weighted by Crippen LogP contribution is 2.24.